The van der Waals surface area contributed by atoms with E-state index < -0.39 is 17.6 Å². The minimum absolute atomic E-state index is 0.0307. The first-order valence-electron chi connectivity index (χ1n) is 7.81. The highest BCUT2D eigenvalue weighted by atomic mass is 16.4. The fourth-order valence-corrected chi connectivity index (χ4v) is 2.44. The number of amides is 2. The normalized spacial score (nSPS) is 13.6. The number of aromatic carboxylic acids is 1. The summed E-state index contributed by atoms with van der Waals surface area (Å²) in [6.45, 7) is 0. The Balaban J connectivity index is 1.72. The number of aromatic nitrogens is 2. The third-order valence-corrected chi connectivity index (χ3v) is 3.98. The van der Waals surface area contributed by atoms with Crippen LogP contribution < -0.4 is 10.6 Å². The van der Waals surface area contributed by atoms with Crippen LogP contribution in [0.3, 0.4) is 0 Å². The van der Waals surface area contributed by atoms with Crippen LogP contribution in [-0.2, 0) is 4.79 Å². The number of carboxylic acids is 1. The molecule has 1 fully saturated rings. The number of nitrogens with one attached hydrogen (secondary N) is 2. The third-order valence-electron chi connectivity index (χ3n) is 3.98. The lowest BCUT2D eigenvalue weighted by Crippen LogP contribution is -2.28. The van der Waals surface area contributed by atoms with Crippen molar-refractivity contribution in [3.63, 3.8) is 0 Å². The highest BCUT2D eigenvalue weighted by Crippen LogP contribution is 2.28. The molecule has 1 aliphatic carbocycles. The van der Waals surface area contributed by atoms with Gasteiger partial charge in [0.2, 0.25) is 5.91 Å². The van der Waals surface area contributed by atoms with E-state index in [0.717, 1.165) is 19.3 Å². The summed E-state index contributed by atoms with van der Waals surface area (Å²) in [5.74, 6) is -2.00. The van der Waals surface area contributed by atoms with E-state index in [1.54, 1.807) is 24.3 Å². The lowest BCUT2D eigenvalue weighted by Gasteiger charge is -2.24. The first kappa shape index (κ1) is 16.6. The minimum Gasteiger partial charge on any atom is -0.476 e. The Kier molecular flexibility index (Phi) is 4.69. The Bertz CT molecular complexity index is 833. The number of anilines is 2. The van der Waals surface area contributed by atoms with Crippen LogP contribution in [0.5, 0.6) is 0 Å². The topological polar surface area (TPSA) is 121 Å². The van der Waals surface area contributed by atoms with E-state index in [1.807, 2.05) is 0 Å². The number of carboxylic acid groups (broad SMARTS) is 1. The average molecular weight is 340 g/mol. The molecule has 1 aliphatic rings. The molecule has 3 rings (SSSR count). The zero-order valence-electron chi connectivity index (χ0n) is 13.2. The summed E-state index contributed by atoms with van der Waals surface area (Å²) < 4.78 is 0. The summed E-state index contributed by atoms with van der Waals surface area (Å²) in [6, 6.07) is 6.64. The SMILES string of the molecule is O=C(O)c1nccnc1C(=O)Nc1cccc(NC(=O)C2CCC2)c1. The zero-order chi connectivity index (χ0) is 17.8. The van der Waals surface area contributed by atoms with Crippen molar-refractivity contribution in [1.82, 2.24) is 9.97 Å². The van der Waals surface area contributed by atoms with Crippen LogP contribution in [0.4, 0.5) is 11.4 Å². The van der Waals surface area contributed by atoms with E-state index >= 15 is 0 Å². The zero-order valence-corrected chi connectivity index (χ0v) is 13.2. The molecular weight excluding hydrogens is 324 g/mol. The van der Waals surface area contributed by atoms with E-state index in [1.165, 1.54) is 12.4 Å². The van der Waals surface area contributed by atoms with Crippen molar-refractivity contribution in [2.45, 2.75) is 19.3 Å². The smallest absolute Gasteiger partial charge is 0.356 e. The third kappa shape index (κ3) is 3.79. The number of carbonyl (C=O) groups is 3. The van der Waals surface area contributed by atoms with Gasteiger partial charge >= 0.3 is 5.97 Å². The van der Waals surface area contributed by atoms with Crippen LogP contribution in [0.25, 0.3) is 0 Å². The van der Waals surface area contributed by atoms with Gasteiger partial charge in [-0.15, -0.1) is 0 Å². The Morgan fingerprint density at radius 2 is 1.64 bits per heavy atom. The number of nitrogens with zero attached hydrogens (tertiary/aromatic N) is 2. The Morgan fingerprint density at radius 1 is 1.00 bits per heavy atom. The lowest BCUT2D eigenvalue weighted by molar-refractivity contribution is -0.122. The molecule has 0 unspecified atom stereocenters. The van der Waals surface area contributed by atoms with Gasteiger partial charge in [-0.05, 0) is 31.0 Å². The molecule has 0 aliphatic heterocycles. The highest BCUT2D eigenvalue weighted by molar-refractivity contribution is 6.08. The van der Waals surface area contributed by atoms with Crippen molar-refractivity contribution in [3.05, 3.63) is 48.0 Å². The van der Waals surface area contributed by atoms with Gasteiger partial charge < -0.3 is 15.7 Å². The predicted molar refractivity (Wildman–Crippen MR) is 89.4 cm³/mol. The van der Waals surface area contributed by atoms with Crippen molar-refractivity contribution in [2.24, 2.45) is 5.92 Å². The second kappa shape index (κ2) is 7.08. The van der Waals surface area contributed by atoms with E-state index in [-0.39, 0.29) is 17.5 Å². The van der Waals surface area contributed by atoms with Gasteiger partial charge in [0.1, 0.15) is 0 Å². The number of benzene rings is 1. The van der Waals surface area contributed by atoms with Crippen LogP contribution in [0.2, 0.25) is 0 Å². The van der Waals surface area contributed by atoms with E-state index in [0.29, 0.717) is 11.4 Å². The van der Waals surface area contributed by atoms with Crippen molar-refractivity contribution in [2.75, 3.05) is 10.6 Å². The Morgan fingerprint density at radius 3 is 2.24 bits per heavy atom. The van der Waals surface area contributed by atoms with Gasteiger partial charge in [0.15, 0.2) is 11.4 Å². The molecule has 128 valence electrons. The summed E-state index contributed by atoms with van der Waals surface area (Å²) in [7, 11) is 0. The van der Waals surface area contributed by atoms with Crippen LogP contribution in [0, 0.1) is 5.92 Å². The average Bonchev–Trinajstić information content (AvgIpc) is 2.53. The summed E-state index contributed by atoms with van der Waals surface area (Å²) in [6.07, 6.45) is 5.31. The first-order valence-corrected chi connectivity index (χ1v) is 7.81. The fourth-order valence-electron chi connectivity index (χ4n) is 2.44. The minimum atomic E-state index is -1.33. The van der Waals surface area contributed by atoms with Gasteiger partial charge in [-0.25, -0.2) is 14.8 Å². The number of carbonyl (C=O) groups excluding carboxylic acids is 2. The molecule has 2 aromatic rings. The number of rotatable bonds is 5. The maximum atomic E-state index is 12.3. The maximum absolute atomic E-state index is 12.3. The molecule has 0 saturated heterocycles. The molecule has 2 amide bonds. The molecule has 0 bridgehead atoms. The van der Waals surface area contributed by atoms with Crippen LogP contribution >= 0.6 is 0 Å². The molecule has 0 atom stereocenters. The molecule has 1 aromatic carbocycles. The van der Waals surface area contributed by atoms with Crippen LogP contribution in [0.15, 0.2) is 36.7 Å². The maximum Gasteiger partial charge on any atom is 0.356 e. The van der Waals surface area contributed by atoms with Gasteiger partial charge in [0.25, 0.3) is 5.91 Å². The molecule has 1 saturated carbocycles. The molecular formula is C17H16N4O4. The monoisotopic (exact) mass is 340 g/mol. The number of hydrogen-bond donors (Lipinski definition) is 3. The molecule has 25 heavy (non-hydrogen) atoms. The summed E-state index contributed by atoms with van der Waals surface area (Å²) >= 11 is 0. The van der Waals surface area contributed by atoms with Crippen molar-refractivity contribution in [3.8, 4) is 0 Å². The van der Waals surface area contributed by atoms with Crippen molar-refractivity contribution in [1.29, 1.82) is 0 Å². The molecule has 8 nitrogen and oxygen atoms in total. The van der Waals surface area contributed by atoms with Gasteiger partial charge in [0.05, 0.1) is 0 Å². The van der Waals surface area contributed by atoms with Gasteiger partial charge in [-0.1, -0.05) is 12.5 Å². The summed E-state index contributed by atoms with van der Waals surface area (Å²) in [5.41, 5.74) is 0.277. The van der Waals surface area contributed by atoms with Gasteiger partial charge in [-0.3, -0.25) is 9.59 Å². The van der Waals surface area contributed by atoms with E-state index in [9.17, 15) is 14.4 Å². The quantitative estimate of drug-likeness (QED) is 0.767. The van der Waals surface area contributed by atoms with Crippen molar-refractivity contribution >= 4 is 29.2 Å². The molecule has 1 heterocycles. The largest absolute Gasteiger partial charge is 0.476 e. The molecule has 0 radical (unpaired) electrons. The van der Waals surface area contributed by atoms with Crippen LogP contribution in [-0.4, -0.2) is 32.9 Å². The molecule has 1 aromatic heterocycles. The highest BCUT2D eigenvalue weighted by Gasteiger charge is 2.25. The van der Waals surface area contributed by atoms with Crippen molar-refractivity contribution < 1.29 is 19.5 Å². The van der Waals surface area contributed by atoms with Crippen LogP contribution in [0.1, 0.15) is 40.2 Å². The lowest BCUT2D eigenvalue weighted by atomic mass is 9.85. The molecule has 3 N–H and O–H groups in total. The molecule has 0 spiro atoms. The van der Waals surface area contributed by atoms with Gasteiger partial charge in [-0.2, -0.15) is 0 Å². The summed E-state index contributed by atoms with van der Waals surface area (Å²) in [4.78, 5) is 42.8. The standard InChI is InChI=1S/C17H16N4O4/c22-15(10-3-1-4-10)20-11-5-2-6-12(9-11)21-16(23)13-14(17(24)25)19-8-7-18-13/h2,5-10H,1,3-4H2,(H,20,22)(H,21,23)(H,24,25). The first-order chi connectivity index (χ1) is 12.0. The van der Waals surface area contributed by atoms with E-state index in [4.69, 9.17) is 5.11 Å². The second-order valence-corrected chi connectivity index (χ2v) is 5.71. The van der Waals surface area contributed by atoms with Gasteiger partial charge in [0, 0.05) is 29.7 Å². The second-order valence-electron chi connectivity index (χ2n) is 5.71. The number of hydrogen-bond acceptors (Lipinski definition) is 5. The van der Waals surface area contributed by atoms with E-state index in [2.05, 4.69) is 20.6 Å². The Hall–Kier alpha value is -3.29. The summed E-state index contributed by atoms with van der Waals surface area (Å²) in [5, 5.41) is 14.5. The predicted octanol–water partition coefficient (Wildman–Crippen LogP) is 2.17. The fraction of sp³-hybridized carbons (Fsp3) is 0.235. The Labute approximate surface area is 143 Å². The molecule has 8 heteroatoms.